The molecule has 0 bridgehead atoms. The predicted octanol–water partition coefficient (Wildman–Crippen LogP) is 2.48. The molecule has 0 aromatic carbocycles. The van der Waals surface area contributed by atoms with Gasteiger partial charge in [0.25, 0.3) is 0 Å². The molecule has 0 aliphatic heterocycles. The van der Waals surface area contributed by atoms with E-state index in [1.165, 1.54) is 0 Å². The molecule has 0 unspecified atom stereocenters. The first-order valence-electron chi connectivity index (χ1n) is 4.56. The minimum atomic E-state index is -1.60. The van der Waals surface area contributed by atoms with Crippen molar-refractivity contribution in [2.24, 2.45) is 0 Å². The van der Waals surface area contributed by atoms with Crippen LogP contribution in [-0.2, 0) is 42.8 Å². The smallest absolute Gasteiger partial charge is 2.00 e. The molecule has 0 aliphatic rings. The summed E-state index contributed by atoms with van der Waals surface area (Å²) in [6, 6.07) is 0. The maximum atomic E-state index is 9.12. The third-order valence-electron chi connectivity index (χ3n) is 1.40. The van der Waals surface area contributed by atoms with Gasteiger partial charge in [-0.3, -0.25) is 0 Å². The first-order valence-corrected chi connectivity index (χ1v) is 5.69. The van der Waals surface area contributed by atoms with Crippen LogP contribution < -0.4 is 0 Å². The molecule has 0 radical (unpaired) electrons. The Morgan fingerprint density at radius 2 is 1.19 bits per heavy atom. The summed E-state index contributed by atoms with van der Waals surface area (Å²) in [6.45, 7) is 5.37. The van der Waals surface area contributed by atoms with Crippen LogP contribution in [0.15, 0.2) is 0 Å². The average Bonchev–Trinajstić information content (AvgIpc) is 2.06. The Kier molecular flexibility index (Phi) is 46.6. The summed E-state index contributed by atoms with van der Waals surface area (Å²) in [5.41, 5.74) is 0. The third-order valence-corrected chi connectivity index (χ3v) is 2.21. The van der Waals surface area contributed by atoms with Crippen molar-refractivity contribution in [1.82, 2.24) is 0 Å². The Hall–Kier alpha value is 0.722. The van der Waals surface area contributed by atoms with Gasteiger partial charge in [-0.1, -0.05) is 26.7 Å². The number of unbranched alkanes of at least 4 members (excludes halogenated alkanes) is 2. The molecule has 0 amide bonds. The molecule has 0 rings (SSSR count). The van der Waals surface area contributed by atoms with Gasteiger partial charge in [0.05, 0.1) is 13.2 Å². The van der Waals surface area contributed by atoms with E-state index in [1.54, 1.807) is 0 Å². The first kappa shape index (κ1) is 30.1. The second-order valence-electron chi connectivity index (χ2n) is 2.61. The fourth-order valence-electron chi connectivity index (χ4n) is 0.611. The molecular formula is C8H19CrO6P. The van der Waals surface area contributed by atoms with Crippen molar-refractivity contribution in [3.05, 3.63) is 0 Å². The van der Waals surface area contributed by atoms with Gasteiger partial charge in [-0.25, -0.2) is 0 Å². The summed E-state index contributed by atoms with van der Waals surface area (Å²) in [7, 11) is -1.60. The monoisotopic (exact) mass is 294 g/mol. The molecule has 0 heterocycles. The maximum absolute atomic E-state index is 9.12. The molecule has 16 heavy (non-hydrogen) atoms. The van der Waals surface area contributed by atoms with Gasteiger partial charge in [0.15, 0.2) is 0 Å². The molecule has 0 saturated heterocycles. The van der Waals surface area contributed by atoms with Gasteiger partial charge in [0, 0.05) is 0 Å². The van der Waals surface area contributed by atoms with Crippen LogP contribution in [0, 0.1) is 0 Å². The summed E-state index contributed by atoms with van der Waals surface area (Å²) in [5.74, 6) is 0. The van der Waals surface area contributed by atoms with E-state index in [0.717, 1.165) is 25.7 Å². The van der Waals surface area contributed by atoms with Crippen LogP contribution in [-0.4, -0.2) is 18.1 Å². The summed E-state index contributed by atoms with van der Waals surface area (Å²) >= 11 is 0. The fraction of sp³-hybridized carbons (Fsp3) is 1.00. The van der Waals surface area contributed by atoms with E-state index < -0.39 is 8.60 Å². The van der Waals surface area contributed by atoms with Crippen LogP contribution in [0.3, 0.4) is 0 Å². The Bertz CT molecular complexity index is 90.6. The molecule has 0 aromatic heterocycles. The van der Waals surface area contributed by atoms with Gasteiger partial charge in [-0.15, -0.1) is 0 Å². The van der Waals surface area contributed by atoms with Crippen LogP contribution in [0.2, 0.25) is 0 Å². The van der Waals surface area contributed by atoms with Crippen LogP contribution in [0.25, 0.3) is 0 Å². The fourth-order valence-corrected chi connectivity index (χ4v) is 1.26. The van der Waals surface area contributed by atoms with Crippen LogP contribution in [0.5, 0.6) is 0 Å². The molecule has 0 saturated carbocycles. The second-order valence-corrected chi connectivity index (χ2v) is 3.60. The van der Waals surface area contributed by atoms with Gasteiger partial charge in [0.2, 0.25) is 0 Å². The van der Waals surface area contributed by atoms with Gasteiger partial charge in [-0.2, -0.15) is 0 Å². The predicted molar refractivity (Wildman–Crippen MR) is 52.9 cm³/mol. The van der Waals surface area contributed by atoms with E-state index in [2.05, 4.69) is 13.8 Å². The number of hydrogen-bond donors (Lipinski definition) is 1. The molecular weight excluding hydrogens is 275 g/mol. The first-order chi connectivity index (χ1) is 5.81. The van der Waals surface area contributed by atoms with Gasteiger partial charge in [-0.05, 0) is 12.8 Å². The van der Waals surface area contributed by atoms with Crippen molar-refractivity contribution in [3.8, 4) is 0 Å². The van der Waals surface area contributed by atoms with Gasteiger partial charge in [0.1, 0.15) is 0 Å². The summed E-state index contributed by atoms with van der Waals surface area (Å²) in [4.78, 5) is 9.12. The van der Waals surface area contributed by atoms with E-state index in [1.807, 2.05) is 0 Å². The Morgan fingerprint density at radius 3 is 1.44 bits per heavy atom. The summed E-state index contributed by atoms with van der Waals surface area (Å²) in [6.07, 6.45) is 4.13. The van der Waals surface area contributed by atoms with E-state index in [9.17, 15) is 0 Å². The van der Waals surface area contributed by atoms with Crippen molar-refractivity contribution >= 4 is 8.60 Å². The SMILES string of the molecule is CCCCOP(O)OCCCC.[Cr+6].[O-2].[O-2].[O-2]. The Morgan fingerprint density at radius 1 is 0.875 bits per heavy atom. The Labute approximate surface area is 109 Å². The zero-order valence-electron chi connectivity index (χ0n) is 9.59. The molecule has 0 spiro atoms. The minimum Gasteiger partial charge on any atom is -2.00 e. The van der Waals surface area contributed by atoms with Crippen molar-refractivity contribution in [1.29, 1.82) is 0 Å². The molecule has 1 N–H and O–H groups in total. The average molecular weight is 294 g/mol. The van der Waals surface area contributed by atoms with E-state index >= 15 is 0 Å². The van der Waals surface area contributed by atoms with Gasteiger partial charge >= 0.3 is 26.0 Å². The molecule has 0 fully saturated rings. The molecule has 98 valence electrons. The standard InChI is InChI=1S/C8H19O3P.Cr.3O/c1-3-5-7-10-12(9)11-8-6-4-2;;;;/h9H,3-8H2,1-2H3;;;;/q;+6;3*-2. The van der Waals surface area contributed by atoms with Crippen LogP contribution in [0.1, 0.15) is 39.5 Å². The van der Waals surface area contributed by atoms with Crippen molar-refractivity contribution in [2.75, 3.05) is 13.2 Å². The number of rotatable bonds is 8. The molecule has 0 aliphatic carbocycles. The summed E-state index contributed by atoms with van der Waals surface area (Å²) in [5, 5.41) is 0. The zero-order valence-corrected chi connectivity index (χ0v) is 11.8. The normalized spacial score (nSPS) is 8.25. The van der Waals surface area contributed by atoms with Crippen LogP contribution >= 0.6 is 8.60 Å². The van der Waals surface area contributed by atoms with E-state index in [0.29, 0.717) is 13.2 Å². The topological polar surface area (TPSA) is 124 Å². The zero-order chi connectivity index (χ0) is 9.23. The summed E-state index contributed by atoms with van der Waals surface area (Å²) < 4.78 is 10.1. The molecule has 0 atom stereocenters. The molecule has 0 aromatic rings. The number of hydrogen-bond acceptors (Lipinski definition) is 3. The van der Waals surface area contributed by atoms with Crippen molar-refractivity contribution in [3.63, 3.8) is 0 Å². The molecule has 6 nitrogen and oxygen atoms in total. The van der Waals surface area contributed by atoms with Crippen molar-refractivity contribution in [2.45, 2.75) is 39.5 Å². The quantitative estimate of drug-likeness (QED) is 0.546. The maximum Gasteiger partial charge on any atom is 6.00 e. The van der Waals surface area contributed by atoms with Gasteiger partial charge < -0.3 is 30.4 Å². The van der Waals surface area contributed by atoms with Crippen molar-refractivity contribution < 1.29 is 47.7 Å². The van der Waals surface area contributed by atoms with E-state index in [4.69, 9.17) is 13.9 Å². The van der Waals surface area contributed by atoms with Crippen LogP contribution in [0.4, 0.5) is 0 Å². The second kappa shape index (κ2) is 24.8. The largest absolute Gasteiger partial charge is 6.00 e. The third kappa shape index (κ3) is 24.1. The van der Waals surface area contributed by atoms with E-state index in [-0.39, 0.29) is 33.8 Å². The Balaban J connectivity index is -0.000000101. The minimum absolute atomic E-state index is 0. The molecule has 8 heteroatoms.